The van der Waals surface area contributed by atoms with E-state index in [1.54, 1.807) is 25.2 Å². The molecule has 6 atom stereocenters. The van der Waals surface area contributed by atoms with E-state index in [4.69, 9.17) is 16.3 Å². The van der Waals surface area contributed by atoms with Crippen LogP contribution in [0, 0.1) is 17.8 Å². The molecule has 1 spiro atoms. The Bertz CT molecular complexity index is 1450. The van der Waals surface area contributed by atoms with Crippen LogP contribution in [-0.4, -0.2) is 71.5 Å². The molecule has 8 nitrogen and oxygen atoms in total. The molecule has 2 heterocycles. The van der Waals surface area contributed by atoms with Crippen LogP contribution in [-0.2, 0) is 27.0 Å². The third kappa shape index (κ3) is 5.54. The highest BCUT2D eigenvalue weighted by atomic mass is 35.5. The van der Waals surface area contributed by atoms with Gasteiger partial charge < -0.3 is 29.9 Å². The van der Waals surface area contributed by atoms with E-state index in [1.165, 1.54) is 16.0 Å². The molecule has 0 saturated heterocycles. The minimum atomic E-state index is -2.41. The number of amides is 1. The second-order valence-electron chi connectivity index (χ2n) is 13.3. The Kier molecular flexibility index (Phi) is 7.98. The average molecular weight is 609 g/mol. The van der Waals surface area contributed by atoms with Crippen molar-refractivity contribution in [2.45, 2.75) is 62.6 Å². The summed E-state index contributed by atoms with van der Waals surface area (Å²) in [5.74, 6) is -1.07. The van der Waals surface area contributed by atoms with E-state index < -0.39 is 30.0 Å². The van der Waals surface area contributed by atoms with Gasteiger partial charge in [-0.2, -0.15) is 0 Å². The van der Waals surface area contributed by atoms with Gasteiger partial charge in [0.2, 0.25) is 5.91 Å². The molecule has 2 aromatic rings. The Labute approximate surface area is 257 Å². The molecule has 43 heavy (non-hydrogen) atoms. The highest BCUT2D eigenvalue weighted by Gasteiger charge is 2.46. The van der Waals surface area contributed by atoms with Crippen molar-refractivity contribution in [1.29, 1.82) is 0 Å². The van der Waals surface area contributed by atoms with Crippen LogP contribution in [0.4, 0.5) is 5.69 Å². The van der Waals surface area contributed by atoms with E-state index in [0.29, 0.717) is 42.7 Å². The van der Waals surface area contributed by atoms with Crippen LogP contribution in [0.5, 0.6) is 5.75 Å². The summed E-state index contributed by atoms with van der Waals surface area (Å²) in [6.07, 6.45) is 7.36. The maximum absolute atomic E-state index is 13.2. The Morgan fingerprint density at radius 1 is 1.12 bits per heavy atom. The average Bonchev–Trinajstić information content (AvgIpc) is 3.10. The van der Waals surface area contributed by atoms with Crippen molar-refractivity contribution in [2.75, 3.05) is 38.2 Å². The van der Waals surface area contributed by atoms with Crippen LogP contribution in [0.1, 0.15) is 55.7 Å². The normalized spacial score (nSPS) is 33.5. The summed E-state index contributed by atoms with van der Waals surface area (Å²) in [6, 6.07) is 11.1. The van der Waals surface area contributed by atoms with Crippen molar-refractivity contribution in [1.82, 2.24) is 4.90 Å². The second-order valence-corrected chi connectivity index (χ2v) is 13.7. The minimum Gasteiger partial charge on any atom is -0.490 e. The lowest BCUT2D eigenvalue weighted by atomic mass is 9.68. The smallest absolute Gasteiger partial charge is 0.340 e. The lowest BCUT2D eigenvalue weighted by Crippen LogP contribution is -2.49. The molecule has 2 aliphatic heterocycles. The molecule has 230 valence electrons. The molecule has 9 heteroatoms. The zero-order chi connectivity index (χ0) is 30.5. The van der Waals surface area contributed by atoms with Crippen LogP contribution >= 0.6 is 11.6 Å². The number of aliphatic hydroxyl groups excluding tert-OH is 1. The molecule has 2 aromatic carbocycles. The number of carboxylic acid groups (broad SMARTS) is 1. The Morgan fingerprint density at radius 2 is 1.93 bits per heavy atom. The third-order valence-electron chi connectivity index (χ3n) is 10.3. The van der Waals surface area contributed by atoms with E-state index in [0.717, 1.165) is 32.1 Å². The zero-order valence-electron chi connectivity index (χ0n) is 24.8. The molecule has 2 aliphatic carbocycles. The molecule has 0 radical (unpaired) electrons. The number of carbonyl (C=O) groups is 2. The first-order valence-electron chi connectivity index (χ1n) is 15.4. The number of anilines is 1. The summed E-state index contributed by atoms with van der Waals surface area (Å²) in [5.41, 5.74) is 0.574. The maximum Gasteiger partial charge on any atom is 0.340 e. The van der Waals surface area contributed by atoms with E-state index in [1.807, 2.05) is 25.1 Å². The van der Waals surface area contributed by atoms with Crippen molar-refractivity contribution in [3.8, 4) is 5.75 Å². The summed E-state index contributed by atoms with van der Waals surface area (Å²) < 4.78 is 6.53. The monoisotopic (exact) mass is 608 g/mol. The lowest BCUT2D eigenvalue weighted by Gasteiger charge is -2.45. The number of carboxylic acids is 1. The van der Waals surface area contributed by atoms with Crippen molar-refractivity contribution in [2.24, 2.45) is 17.8 Å². The van der Waals surface area contributed by atoms with Crippen LogP contribution in [0.2, 0.25) is 5.02 Å². The zero-order valence-corrected chi connectivity index (χ0v) is 25.6. The van der Waals surface area contributed by atoms with Gasteiger partial charge in [0, 0.05) is 37.1 Å². The molecule has 0 unspecified atom stereocenters. The molecule has 0 aromatic heterocycles. The molecule has 1 saturated carbocycles. The lowest BCUT2D eigenvalue weighted by molar-refractivity contribution is -0.164. The van der Waals surface area contributed by atoms with Crippen molar-refractivity contribution in [3.05, 3.63) is 70.3 Å². The molecular formula is C34H41ClN2O6. The number of fused-ring (bicyclic) bond motifs is 4. The number of hydrogen-bond acceptors (Lipinski definition) is 6. The summed E-state index contributed by atoms with van der Waals surface area (Å²) in [6.45, 7) is 4.04. The maximum atomic E-state index is 13.2. The predicted octanol–water partition coefficient (Wildman–Crippen LogP) is 4.53. The number of carbonyl (C=O) groups excluding carboxylic acids is 1. The fourth-order valence-electron chi connectivity index (χ4n) is 7.62. The molecule has 2 bridgehead atoms. The van der Waals surface area contributed by atoms with Crippen molar-refractivity contribution in [3.63, 3.8) is 0 Å². The van der Waals surface area contributed by atoms with Crippen LogP contribution in [0.3, 0.4) is 0 Å². The van der Waals surface area contributed by atoms with Gasteiger partial charge in [-0.15, -0.1) is 0 Å². The number of hydrogen-bond donors (Lipinski definition) is 3. The quantitative estimate of drug-likeness (QED) is 0.408. The van der Waals surface area contributed by atoms with Gasteiger partial charge >= 0.3 is 5.97 Å². The number of benzene rings is 2. The number of ether oxygens (including phenoxy) is 1. The number of aliphatic carboxylic acids is 1. The fourth-order valence-corrected chi connectivity index (χ4v) is 7.82. The first-order valence-corrected chi connectivity index (χ1v) is 15.7. The standard InChI is InChI=1S/C34H41ClN2O6/c1-21-5-11-29(38)26-9-6-23(26)18-37-19-33(13-3-4-22-14-25(35)8-10-27(22)33)20-43-30-12-7-24(15-28(30)37)34(42,32(40)41)16-31(39)36(2)17-21/h5,7-8,10-12,14-15,21,23,26,29,38,42H,3-4,6,9,13,16-20H2,1-2H3,(H,40,41)/b11-5-/t21-,23-,26+,29-,33-,34-/m0/s1. The number of rotatable bonds is 1. The van der Waals surface area contributed by atoms with Crippen molar-refractivity contribution >= 4 is 29.2 Å². The Hall–Kier alpha value is -3.07. The van der Waals surface area contributed by atoms with E-state index in [-0.39, 0.29) is 28.7 Å². The van der Waals surface area contributed by atoms with Crippen LogP contribution in [0.25, 0.3) is 0 Å². The largest absolute Gasteiger partial charge is 0.490 e. The molecule has 4 aliphatic rings. The van der Waals surface area contributed by atoms with Gasteiger partial charge in [-0.25, -0.2) is 4.79 Å². The van der Waals surface area contributed by atoms with Gasteiger partial charge in [0.05, 0.1) is 24.8 Å². The molecule has 1 fully saturated rings. The molecular weight excluding hydrogens is 568 g/mol. The highest BCUT2D eigenvalue weighted by Crippen LogP contribution is 2.47. The van der Waals surface area contributed by atoms with Gasteiger partial charge in [-0.1, -0.05) is 42.8 Å². The number of nitrogens with zero attached hydrogens (tertiary/aromatic N) is 2. The highest BCUT2D eigenvalue weighted by molar-refractivity contribution is 6.30. The topological polar surface area (TPSA) is 111 Å². The molecule has 6 rings (SSSR count). The summed E-state index contributed by atoms with van der Waals surface area (Å²) in [7, 11) is 1.61. The Morgan fingerprint density at radius 3 is 2.67 bits per heavy atom. The first kappa shape index (κ1) is 30.0. The van der Waals surface area contributed by atoms with Gasteiger partial charge in [-0.05, 0) is 90.8 Å². The summed E-state index contributed by atoms with van der Waals surface area (Å²) in [5, 5.41) is 33.7. The second kappa shape index (κ2) is 11.5. The van der Waals surface area contributed by atoms with E-state index >= 15 is 0 Å². The fraction of sp³-hybridized carbons (Fsp3) is 0.529. The number of aliphatic hydroxyl groups is 2. The Balaban J connectivity index is 1.46. The molecule has 1 amide bonds. The van der Waals surface area contributed by atoms with Crippen LogP contribution in [0.15, 0.2) is 48.6 Å². The summed E-state index contributed by atoms with van der Waals surface area (Å²) >= 11 is 6.39. The number of aryl methyl sites for hydroxylation is 1. The first-order chi connectivity index (χ1) is 20.5. The van der Waals surface area contributed by atoms with Gasteiger partial charge in [-0.3, -0.25) is 4.79 Å². The summed E-state index contributed by atoms with van der Waals surface area (Å²) in [4.78, 5) is 29.5. The van der Waals surface area contributed by atoms with E-state index in [2.05, 4.69) is 17.0 Å². The predicted molar refractivity (Wildman–Crippen MR) is 165 cm³/mol. The third-order valence-corrected chi connectivity index (χ3v) is 10.5. The molecule has 3 N–H and O–H groups in total. The SMILES string of the molecule is C[C@H]1/C=C\[C@H](O)[C@@H]2CC[C@H]2CN2C[C@@]3(CCCc4cc(Cl)ccc43)COc3ccc(cc32)[C@](O)(C(=O)O)CC(=O)N(C)C1. The van der Waals surface area contributed by atoms with E-state index in [9.17, 15) is 24.9 Å². The van der Waals surface area contributed by atoms with Gasteiger partial charge in [0.25, 0.3) is 0 Å². The minimum absolute atomic E-state index is 0.0543. The van der Waals surface area contributed by atoms with Crippen LogP contribution < -0.4 is 9.64 Å². The van der Waals surface area contributed by atoms with Gasteiger partial charge in [0.15, 0.2) is 5.60 Å². The number of halogens is 1. The van der Waals surface area contributed by atoms with Gasteiger partial charge in [0.1, 0.15) is 5.75 Å². The van der Waals surface area contributed by atoms with Crippen molar-refractivity contribution < 1.29 is 29.6 Å².